The summed E-state index contributed by atoms with van der Waals surface area (Å²) < 4.78 is 5.44. The second-order valence-corrected chi connectivity index (χ2v) is 8.85. The van der Waals surface area contributed by atoms with Gasteiger partial charge in [0.2, 0.25) is 5.91 Å². The Morgan fingerprint density at radius 1 is 1.03 bits per heavy atom. The molecule has 6 nitrogen and oxygen atoms in total. The van der Waals surface area contributed by atoms with Gasteiger partial charge in [-0.25, -0.2) is 4.79 Å². The van der Waals surface area contributed by atoms with E-state index in [1.54, 1.807) is 19.5 Å². The number of rotatable bonds is 8. The zero-order valence-electron chi connectivity index (χ0n) is 19.4. The van der Waals surface area contributed by atoms with Crippen LogP contribution in [0.3, 0.4) is 0 Å². The number of aliphatic carboxylic acids is 1. The van der Waals surface area contributed by atoms with Gasteiger partial charge in [-0.15, -0.1) is 0 Å². The Labute approximate surface area is 200 Å². The summed E-state index contributed by atoms with van der Waals surface area (Å²) in [6, 6.07) is 18.2. The van der Waals surface area contributed by atoms with Crippen LogP contribution < -0.4 is 10.1 Å². The monoisotopic (exact) mass is 458 g/mol. The maximum atomic E-state index is 13.5. The highest BCUT2D eigenvalue weighted by Crippen LogP contribution is 2.39. The molecule has 0 unspecified atom stereocenters. The highest BCUT2D eigenvalue weighted by molar-refractivity contribution is 5.91. The third-order valence-corrected chi connectivity index (χ3v) is 6.77. The van der Waals surface area contributed by atoms with Gasteiger partial charge < -0.3 is 15.2 Å². The summed E-state index contributed by atoms with van der Waals surface area (Å²) in [7, 11) is 1.64. The number of methoxy groups -OCH3 is 1. The fourth-order valence-electron chi connectivity index (χ4n) is 4.88. The molecule has 6 heteroatoms. The highest BCUT2D eigenvalue weighted by atomic mass is 16.5. The lowest BCUT2D eigenvalue weighted by Gasteiger charge is -2.37. The molecule has 1 fully saturated rings. The maximum Gasteiger partial charge on any atom is 0.326 e. The molecule has 1 heterocycles. The standard InChI is InChI=1S/C28H30N2O4/c1-34-25-10-4-3-9-23(25)21-13-11-20(12-14-21)18-24(26(31)32)30-27(33)28(15-5-2-6-16-28)22-8-7-17-29-19-22/h3-4,7-14,17,19,24H,2,5-6,15-16,18H2,1H3,(H,30,33)(H,31,32)/t24-/m0/s1. The van der Waals surface area contributed by atoms with E-state index in [1.807, 2.05) is 60.7 Å². The predicted molar refractivity (Wildman–Crippen MR) is 131 cm³/mol. The largest absolute Gasteiger partial charge is 0.496 e. The molecule has 1 aromatic heterocycles. The number of benzene rings is 2. The molecule has 34 heavy (non-hydrogen) atoms. The smallest absolute Gasteiger partial charge is 0.326 e. The minimum atomic E-state index is -1.04. The van der Waals surface area contributed by atoms with Crippen molar-refractivity contribution in [3.05, 3.63) is 84.2 Å². The van der Waals surface area contributed by atoms with Crippen LogP contribution in [0.5, 0.6) is 5.75 Å². The molecule has 0 radical (unpaired) electrons. The second kappa shape index (κ2) is 10.5. The van der Waals surface area contributed by atoms with E-state index >= 15 is 0 Å². The van der Waals surface area contributed by atoms with Crippen molar-refractivity contribution in [3.63, 3.8) is 0 Å². The number of nitrogens with zero attached hydrogens (tertiary/aromatic N) is 1. The molecule has 1 amide bonds. The molecule has 1 atom stereocenters. The number of amides is 1. The summed E-state index contributed by atoms with van der Waals surface area (Å²) in [4.78, 5) is 29.8. The van der Waals surface area contributed by atoms with Gasteiger partial charge in [-0.05, 0) is 41.7 Å². The van der Waals surface area contributed by atoms with Gasteiger partial charge in [0.15, 0.2) is 0 Å². The SMILES string of the molecule is COc1ccccc1-c1ccc(C[C@H](NC(=O)C2(c3cccnc3)CCCCC2)C(=O)O)cc1. The van der Waals surface area contributed by atoms with Crippen molar-refractivity contribution in [1.82, 2.24) is 10.3 Å². The van der Waals surface area contributed by atoms with Crippen LogP contribution in [0.25, 0.3) is 11.1 Å². The summed E-state index contributed by atoms with van der Waals surface area (Å²) >= 11 is 0. The number of aromatic nitrogens is 1. The van der Waals surface area contributed by atoms with Gasteiger partial charge in [0, 0.05) is 24.4 Å². The number of nitrogens with one attached hydrogen (secondary N) is 1. The lowest BCUT2D eigenvalue weighted by atomic mass is 9.69. The van der Waals surface area contributed by atoms with Crippen LogP contribution in [0.1, 0.15) is 43.2 Å². The van der Waals surface area contributed by atoms with Gasteiger partial charge in [0.05, 0.1) is 12.5 Å². The average Bonchev–Trinajstić information content (AvgIpc) is 2.89. The zero-order valence-corrected chi connectivity index (χ0v) is 19.4. The molecule has 4 rings (SSSR count). The number of ether oxygens (including phenoxy) is 1. The van der Waals surface area contributed by atoms with Crippen LogP contribution >= 0.6 is 0 Å². The van der Waals surface area contributed by atoms with Crippen LogP contribution in [-0.4, -0.2) is 35.1 Å². The third-order valence-electron chi connectivity index (χ3n) is 6.77. The summed E-state index contributed by atoms with van der Waals surface area (Å²) in [5.74, 6) is -0.489. The number of carbonyl (C=O) groups is 2. The number of hydrogen-bond donors (Lipinski definition) is 2. The van der Waals surface area contributed by atoms with Crippen molar-refractivity contribution in [2.24, 2.45) is 0 Å². The number of pyridine rings is 1. The number of hydrogen-bond acceptors (Lipinski definition) is 4. The van der Waals surface area contributed by atoms with Crippen molar-refractivity contribution in [2.45, 2.75) is 50.0 Å². The van der Waals surface area contributed by atoms with E-state index in [2.05, 4.69) is 10.3 Å². The van der Waals surface area contributed by atoms with Crippen molar-refractivity contribution in [1.29, 1.82) is 0 Å². The second-order valence-electron chi connectivity index (χ2n) is 8.85. The Morgan fingerprint density at radius 2 is 1.76 bits per heavy atom. The van der Waals surface area contributed by atoms with Crippen molar-refractivity contribution in [3.8, 4) is 16.9 Å². The Bertz CT molecular complexity index is 1120. The maximum absolute atomic E-state index is 13.5. The van der Waals surface area contributed by atoms with Gasteiger partial charge in [0.1, 0.15) is 11.8 Å². The third kappa shape index (κ3) is 4.96. The Hall–Kier alpha value is -3.67. The normalized spacial score (nSPS) is 15.8. The average molecular weight is 459 g/mol. The molecule has 1 aliphatic rings. The topological polar surface area (TPSA) is 88.5 Å². The lowest BCUT2D eigenvalue weighted by Crippen LogP contribution is -2.52. The molecule has 0 aliphatic heterocycles. The minimum absolute atomic E-state index is 0.205. The number of carboxylic acid groups (broad SMARTS) is 1. The van der Waals surface area contributed by atoms with E-state index in [0.29, 0.717) is 12.8 Å². The van der Waals surface area contributed by atoms with Gasteiger partial charge >= 0.3 is 5.97 Å². The Morgan fingerprint density at radius 3 is 2.41 bits per heavy atom. The van der Waals surface area contributed by atoms with E-state index < -0.39 is 17.4 Å². The first-order valence-corrected chi connectivity index (χ1v) is 11.7. The number of para-hydroxylation sites is 1. The minimum Gasteiger partial charge on any atom is -0.496 e. The van der Waals surface area contributed by atoms with E-state index in [4.69, 9.17) is 4.74 Å². The molecule has 2 N–H and O–H groups in total. The van der Waals surface area contributed by atoms with Crippen molar-refractivity contribution in [2.75, 3.05) is 7.11 Å². The fraction of sp³-hybridized carbons (Fsp3) is 0.321. The summed E-state index contributed by atoms with van der Waals surface area (Å²) in [5.41, 5.74) is 2.92. The number of carboxylic acids is 1. The molecule has 176 valence electrons. The van der Waals surface area contributed by atoms with E-state index in [-0.39, 0.29) is 12.3 Å². The molecule has 0 bridgehead atoms. The first kappa shape index (κ1) is 23.5. The van der Waals surface area contributed by atoms with E-state index in [9.17, 15) is 14.7 Å². The van der Waals surface area contributed by atoms with Gasteiger partial charge in [-0.2, -0.15) is 0 Å². The Kier molecular flexibility index (Phi) is 7.26. The van der Waals surface area contributed by atoms with Gasteiger partial charge in [-0.3, -0.25) is 9.78 Å². The molecule has 0 saturated heterocycles. The summed E-state index contributed by atoms with van der Waals surface area (Å²) in [5, 5.41) is 12.7. The molecule has 1 aliphatic carbocycles. The fourth-order valence-corrected chi connectivity index (χ4v) is 4.88. The van der Waals surface area contributed by atoms with Crippen LogP contribution in [0.4, 0.5) is 0 Å². The zero-order chi connectivity index (χ0) is 24.0. The summed E-state index contributed by atoms with van der Waals surface area (Å²) in [6.45, 7) is 0. The van der Waals surface area contributed by atoms with Crippen molar-refractivity contribution >= 4 is 11.9 Å². The van der Waals surface area contributed by atoms with Crippen molar-refractivity contribution < 1.29 is 19.4 Å². The summed E-state index contributed by atoms with van der Waals surface area (Å²) in [6.07, 6.45) is 7.97. The van der Waals surface area contributed by atoms with Crippen LogP contribution in [-0.2, 0) is 21.4 Å². The molecule has 3 aromatic rings. The lowest BCUT2D eigenvalue weighted by molar-refractivity contribution is -0.143. The van der Waals surface area contributed by atoms with Gasteiger partial charge in [0.25, 0.3) is 0 Å². The first-order chi connectivity index (χ1) is 16.5. The molecular formula is C28H30N2O4. The number of carbonyl (C=O) groups excluding carboxylic acids is 1. The molecule has 2 aromatic carbocycles. The van der Waals surface area contributed by atoms with Gasteiger partial charge in [-0.1, -0.05) is 67.8 Å². The van der Waals surface area contributed by atoms with E-state index in [0.717, 1.165) is 47.3 Å². The Balaban J connectivity index is 1.52. The van der Waals surface area contributed by atoms with Crippen LogP contribution in [0.2, 0.25) is 0 Å². The molecule has 0 spiro atoms. The first-order valence-electron chi connectivity index (χ1n) is 11.7. The highest BCUT2D eigenvalue weighted by Gasteiger charge is 2.42. The van der Waals surface area contributed by atoms with E-state index in [1.165, 1.54) is 0 Å². The predicted octanol–water partition coefficient (Wildman–Crippen LogP) is 4.77. The molecular weight excluding hydrogens is 428 g/mol. The molecule has 1 saturated carbocycles. The quantitative estimate of drug-likeness (QED) is 0.508. The van der Waals surface area contributed by atoms with Crippen LogP contribution in [0, 0.1) is 0 Å². The van der Waals surface area contributed by atoms with Crippen LogP contribution in [0.15, 0.2) is 73.1 Å².